The van der Waals surface area contributed by atoms with Crippen LogP contribution in [-0.2, 0) is 6.42 Å². The van der Waals surface area contributed by atoms with Crippen molar-refractivity contribution in [3.8, 4) is 17.6 Å². The molecule has 0 bridgehead atoms. The molecule has 3 rings (SSSR count). The summed E-state index contributed by atoms with van der Waals surface area (Å²) in [6.07, 6.45) is 0.402. The summed E-state index contributed by atoms with van der Waals surface area (Å²) in [6, 6.07) is 10.5. The van der Waals surface area contributed by atoms with Gasteiger partial charge in [-0.1, -0.05) is 6.07 Å². The molecule has 6 heteroatoms. The van der Waals surface area contributed by atoms with Crippen LogP contribution in [0, 0.1) is 11.3 Å². The number of carboxylic acid groups (broad SMARTS) is 1. The van der Waals surface area contributed by atoms with Crippen molar-refractivity contribution in [2.75, 3.05) is 13.2 Å². The molecule has 2 aromatic rings. The maximum absolute atomic E-state index is 10.8. The van der Waals surface area contributed by atoms with Crippen LogP contribution in [0.25, 0.3) is 0 Å². The number of nitrogens with zero attached hydrogens (tertiary/aromatic N) is 1. The Balaban J connectivity index is 1.80. The summed E-state index contributed by atoms with van der Waals surface area (Å²) in [7, 11) is 0. The van der Waals surface area contributed by atoms with Gasteiger partial charge in [-0.05, 0) is 36.2 Å². The molecule has 1 unspecified atom stereocenters. The molecule has 1 N–H and O–H groups in total. The number of carbonyl (C=O) groups is 1. The number of hydrogen-bond donors (Lipinski definition) is 1. The van der Waals surface area contributed by atoms with E-state index in [0.717, 1.165) is 5.56 Å². The van der Waals surface area contributed by atoms with Gasteiger partial charge in [0.15, 0.2) is 11.5 Å². The van der Waals surface area contributed by atoms with Crippen LogP contribution in [0.3, 0.4) is 0 Å². The van der Waals surface area contributed by atoms with Crippen molar-refractivity contribution in [3.63, 3.8) is 0 Å². The molecule has 1 aromatic heterocycles. The van der Waals surface area contributed by atoms with E-state index < -0.39 is 11.9 Å². The maximum atomic E-state index is 10.8. The Kier molecular flexibility index (Phi) is 3.71. The third-order valence-electron chi connectivity index (χ3n) is 3.38. The van der Waals surface area contributed by atoms with Crippen molar-refractivity contribution in [1.29, 1.82) is 5.26 Å². The molecule has 0 spiro atoms. The third kappa shape index (κ3) is 2.74. The van der Waals surface area contributed by atoms with E-state index >= 15 is 0 Å². The molecule has 6 nitrogen and oxygen atoms in total. The fourth-order valence-corrected chi connectivity index (χ4v) is 2.32. The maximum Gasteiger partial charge on any atom is 0.371 e. The highest BCUT2D eigenvalue weighted by Crippen LogP contribution is 2.32. The van der Waals surface area contributed by atoms with Crippen molar-refractivity contribution in [2.45, 2.75) is 12.3 Å². The number of hydrogen-bond acceptors (Lipinski definition) is 5. The lowest BCUT2D eigenvalue weighted by Gasteiger charge is -2.19. The van der Waals surface area contributed by atoms with Crippen LogP contribution < -0.4 is 9.47 Å². The molecule has 1 atom stereocenters. The normalized spacial score (nSPS) is 14.1. The average molecular weight is 299 g/mol. The van der Waals surface area contributed by atoms with Crippen molar-refractivity contribution in [3.05, 3.63) is 47.4 Å². The molecule has 1 aliphatic rings. The monoisotopic (exact) mass is 299 g/mol. The zero-order chi connectivity index (χ0) is 15.5. The molecule has 0 saturated carbocycles. The molecule has 0 amide bonds. The molecular weight excluding hydrogens is 286 g/mol. The number of benzene rings is 1. The van der Waals surface area contributed by atoms with Gasteiger partial charge in [-0.2, -0.15) is 5.26 Å². The van der Waals surface area contributed by atoms with Gasteiger partial charge in [0.25, 0.3) is 0 Å². The molecule has 0 saturated heterocycles. The molecule has 0 radical (unpaired) electrons. The van der Waals surface area contributed by atoms with E-state index in [2.05, 4.69) is 6.07 Å². The fraction of sp³-hybridized carbons (Fsp3) is 0.250. The van der Waals surface area contributed by atoms with Gasteiger partial charge in [0.2, 0.25) is 5.76 Å². The summed E-state index contributed by atoms with van der Waals surface area (Å²) in [5.41, 5.74) is 0.893. The highest BCUT2D eigenvalue weighted by molar-refractivity contribution is 5.84. The van der Waals surface area contributed by atoms with Crippen molar-refractivity contribution < 1.29 is 23.8 Å². The highest BCUT2D eigenvalue weighted by Gasteiger charge is 2.20. The lowest BCUT2D eigenvalue weighted by molar-refractivity contribution is 0.0660. The van der Waals surface area contributed by atoms with Crippen molar-refractivity contribution in [1.82, 2.24) is 0 Å². The van der Waals surface area contributed by atoms with E-state index in [1.807, 2.05) is 18.2 Å². The van der Waals surface area contributed by atoms with Gasteiger partial charge >= 0.3 is 5.97 Å². The topological polar surface area (TPSA) is 92.7 Å². The number of rotatable bonds is 4. The smallest absolute Gasteiger partial charge is 0.371 e. The summed E-state index contributed by atoms with van der Waals surface area (Å²) in [4.78, 5) is 10.8. The number of furan rings is 1. The van der Waals surface area contributed by atoms with Gasteiger partial charge in [0.05, 0.1) is 6.07 Å². The lowest BCUT2D eigenvalue weighted by Crippen LogP contribution is -2.15. The Bertz CT molecular complexity index is 743. The summed E-state index contributed by atoms with van der Waals surface area (Å²) in [6.45, 7) is 1.02. The largest absolute Gasteiger partial charge is 0.486 e. The second-order valence-corrected chi connectivity index (χ2v) is 4.87. The van der Waals surface area contributed by atoms with E-state index in [4.69, 9.17) is 19.0 Å². The molecular formula is C16H13NO5. The molecule has 0 fully saturated rings. The van der Waals surface area contributed by atoms with E-state index in [9.17, 15) is 10.1 Å². The highest BCUT2D eigenvalue weighted by atomic mass is 16.6. The number of carboxylic acids is 1. The van der Waals surface area contributed by atoms with Crippen LogP contribution in [-0.4, -0.2) is 24.3 Å². The van der Waals surface area contributed by atoms with Crippen LogP contribution in [0.15, 0.2) is 34.7 Å². The summed E-state index contributed by atoms with van der Waals surface area (Å²) in [5, 5.41) is 18.2. The molecule has 0 aliphatic carbocycles. The summed E-state index contributed by atoms with van der Waals surface area (Å²) < 4.78 is 16.2. The average Bonchev–Trinajstić information content (AvgIpc) is 3.02. The summed E-state index contributed by atoms with van der Waals surface area (Å²) >= 11 is 0. The van der Waals surface area contributed by atoms with Gasteiger partial charge < -0.3 is 19.0 Å². The van der Waals surface area contributed by atoms with Crippen LogP contribution >= 0.6 is 0 Å². The van der Waals surface area contributed by atoms with Gasteiger partial charge in [0.1, 0.15) is 24.9 Å². The number of nitriles is 1. The summed E-state index contributed by atoms with van der Waals surface area (Å²) in [5.74, 6) is -0.189. The number of aromatic carboxylic acids is 1. The Morgan fingerprint density at radius 1 is 1.23 bits per heavy atom. The minimum Gasteiger partial charge on any atom is -0.486 e. The second kappa shape index (κ2) is 5.82. The standard InChI is InChI=1S/C16H13NO5/c17-9-11(12-3-4-14(22-12)16(18)19)7-10-1-2-13-15(8-10)21-6-5-20-13/h1-4,8,11H,5-7H2,(H,18,19). The second-order valence-electron chi connectivity index (χ2n) is 4.87. The minimum atomic E-state index is -1.15. The predicted octanol–water partition coefficient (Wildman–Crippen LogP) is 2.60. The lowest BCUT2D eigenvalue weighted by atomic mass is 9.98. The zero-order valence-corrected chi connectivity index (χ0v) is 11.6. The van der Waals surface area contributed by atoms with Crippen LogP contribution in [0.1, 0.15) is 27.8 Å². The van der Waals surface area contributed by atoms with Gasteiger partial charge in [0, 0.05) is 0 Å². The first kappa shape index (κ1) is 14.0. The molecule has 1 aromatic carbocycles. The predicted molar refractivity (Wildman–Crippen MR) is 75.2 cm³/mol. The van der Waals surface area contributed by atoms with Crippen LogP contribution in [0.5, 0.6) is 11.5 Å². The number of ether oxygens (including phenoxy) is 2. The van der Waals surface area contributed by atoms with E-state index in [1.54, 1.807) is 0 Å². The van der Waals surface area contributed by atoms with Crippen molar-refractivity contribution >= 4 is 5.97 Å². The fourth-order valence-electron chi connectivity index (χ4n) is 2.32. The molecule has 2 heterocycles. The van der Waals surface area contributed by atoms with Gasteiger partial charge in [-0.15, -0.1) is 0 Å². The molecule has 1 aliphatic heterocycles. The zero-order valence-electron chi connectivity index (χ0n) is 11.6. The van der Waals surface area contributed by atoms with Crippen molar-refractivity contribution in [2.24, 2.45) is 0 Å². The van der Waals surface area contributed by atoms with E-state index in [0.29, 0.717) is 36.9 Å². The van der Waals surface area contributed by atoms with Gasteiger partial charge in [-0.3, -0.25) is 0 Å². The first-order valence-corrected chi connectivity index (χ1v) is 6.78. The Hall–Kier alpha value is -2.94. The Morgan fingerprint density at radius 2 is 2.00 bits per heavy atom. The molecule has 112 valence electrons. The first-order valence-electron chi connectivity index (χ1n) is 6.78. The SMILES string of the molecule is N#CC(Cc1ccc2c(c1)OCCO2)c1ccc(C(=O)O)o1. The third-order valence-corrected chi connectivity index (χ3v) is 3.38. The Morgan fingerprint density at radius 3 is 2.68 bits per heavy atom. The van der Waals surface area contributed by atoms with Crippen LogP contribution in [0.2, 0.25) is 0 Å². The van der Waals surface area contributed by atoms with Gasteiger partial charge in [-0.25, -0.2) is 4.79 Å². The molecule has 22 heavy (non-hydrogen) atoms. The van der Waals surface area contributed by atoms with Crippen LogP contribution in [0.4, 0.5) is 0 Å². The minimum absolute atomic E-state index is 0.169. The Labute approximate surface area is 126 Å². The number of fused-ring (bicyclic) bond motifs is 1. The quantitative estimate of drug-likeness (QED) is 0.932. The van der Waals surface area contributed by atoms with E-state index in [-0.39, 0.29) is 5.76 Å². The first-order chi connectivity index (χ1) is 10.7. The van der Waals surface area contributed by atoms with E-state index in [1.165, 1.54) is 12.1 Å².